The molecule has 4 rings (SSSR count). The monoisotopic (exact) mass is 404 g/mol. The predicted octanol–water partition coefficient (Wildman–Crippen LogP) is 5.60. The normalized spacial score (nSPS) is 24.0. The second-order valence-corrected chi connectivity index (χ2v) is 8.87. The molecule has 0 aliphatic heterocycles. The molecule has 2 unspecified atom stereocenters. The highest BCUT2D eigenvalue weighted by molar-refractivity contribution is 5.92. The number of aryl methyl sites for hydroxylation is 1. The van der Waals surface area contributed by atoms with Crippen LogP contribution in [0, 0.1) is 37.2 Å². The lowest BCUT2D eigenvalue weighted by atomic mass is 9.67. The molecule has 30 heavy (non-hydrogen) atoms. The fourth-order valence-corrected chi connectivity index (χ4v) is 5.17. The molecule has 1 fully saturated rings. The Morgan fingerprint density at radius 3 is 2.53 bits per heavy atom. The van der Waals surface area contributed by atoms with Crippen LogP contribution in [0.15, 0.2) is 30.3 Å². The number of aromatic nitrogens is 3. The van der Waals surface area contributed by atoms with Gasteiger partial charge >= 0.3 is 5.97 Å². The molecule has 6 heteroatoms. The summed E-state index contributed by atoms with van der Waals surface area (Å²) in [5.41, 5.74) is 2.40. The van der Waals surface area contributed by atoms with Gasteiger partial charge in [-0.1, -0.05) is 39.0 Å². The molecule has 1 aliphatic rings. The number of carbonyl (C=O) groups is 1. The average molecular weight is 405 g/mol. The van der Waals surface area contributed by atoms with Crippen LogP contribution in [0.5, 0.6) is 5.88 Å². The molecule has 2 heterocycles. The minimum absolute atomic E-state index is 0.230. The highest BCUT2D eigenvalue weighted by atomic mass is 16.5. The van der Waals surface area contributed by atoms with Crippen LogP contribution in [0.25, 0.3) is 10.5 Å². The second kappa shape index (κ2) is 7.98. The molecule has 0 radical (unpaired) electrons. The van der Waals surface area contributed by atoms with Gasteiger partial charge in [0.15, 0.2) is 0 Å². The van der Waals surface area contributed by atoms with Crippen molar-refractivity contribution < 1.29 is 9.53 Å². The molecule has 0 amide bonds. The van der Waals surface area contributed by atoms with Crippen LogP contribution in [0.2, 0.25) is 0 Å². The molecule has 6 nitrogen and oxygen atoms in total. The third kappa shape index (κ3) is 3.60. The quantitative estimate of drug-likeness (QED) is 0.455. The maximum Gasteiger partial charge on any atom is 0.343 e. The zero-order valence-electron chi connectivity index (χ0n) is 18.0. The van der Waals surface area contributed by atoms with E-state index >= 15 is 0 Å². The molecule has 0 bridgehead atoms. The lowest BCUT2D eigenvalue weighted by Gasteiger charge is -2.38. The molecule has 1 aliphatic carbocycles. The zero-order valence-corrected chi connectivity index (χ0v) is 18.0. The van der Waals surface area contributed by atoms with E-state index in [4.69, 9.17) is 11.3 Å². The van der Waals surface area contributed by atoms with Crippen molar-refractivity contribution >= 4 is 17.3 Å². The molecule has 1 N–H and O–H groups in total. The minimum Gasteiger partial charge on any atom is -0.414 e. The van der Waals surface area contributed by atoms with Crippen LogP contribution in [0.1, 0.15) is 55.4 Å². The fraction of sp³-hybridized carbons (Fsp3) is 0.458. The lowest BCUT2D eigenvalue weighted by Crippen LogP contribution is -2.30. The summed E-state index contributed by atoms with van der Waals surface area (Å²) in [5, 5.41) is 3.13. The largest absolute Gasteiger partial charge is 0.414 e. The maximum absolute atomic E-state index is 12.7. The Bertz CT molecular complexity index is 1090. The third-order valence-electron chi connectivity index (χ3n) is 6.48. The van der Waals surface area contributed by atoms with Crippen molar-refractivity contribution in [2.24, 2.45) is 23.7 Å². The Kier molecular flexibility index (Phi) is 5.38. The Morgan fingerprint density at radius 1 is 1.23 bits per heavy atom. The summed E-state index contributed by atoms with van der Waals surface area (Å²) in [6.45, 7) is 16.6. The van der Waals surface area contributed by atoms with Crippen LogP contribution < -0.4 is 4.74 Å². The van der Waals surface area contributed by atoms with E-state index < -0.39 is 5.97 Å². The van der Waals surface area contributed by atoms with Crippen LogP contribution in [0.3, 0.4) is 0 Å². The van der Waals surface area contributed by atoms with E-state index in [9.17, 15) is 4.79 Å². The summed E-state index contributed by atoms with van der Waals surface area (Å²) in [6.07, 6.45) is 3.17. The highest BCUT2D eigenvalue weighted by Gasteiger charge is 2.34. The summed E-state index contributed by atoms with van der Waals surface area (Å²) in [5.74, 6) is 2.83. The summed E-state index contributed by atoms with van der Waals surface area (Å²) in [4.78, 5) is 21.1. The minimum atomic E-state index is -0.480. The molecule has 2 aromatic heterocycles. The molecular weight excluding hydrogens is 376 g/mol. The second-order valence-electron chi connectivity index (χ2n) is 8.87. The summed E-state index contributed by atoms with van der Waals surface area (Å²) in [7, 11) is 0. The number of carbonyl (C=O) groups excluding carboxylic acids is 1. The van der Waals surface area contributed by atoms with E-state index in [1.807, 2.05) is 13.0 Å². The van der Waals surface area contributed by atoms with Gasteiger partial charge < -0.3 is 4.74 Å². The predicted molar refractivity (Wildman–Crippen MR) is 116 cm³/mol. The lowest BCUT2D eigenvalue weighted by molar-refractivity contribution is 0.0725. The molecule has 2 atom stereocenters. The summed E-state index contributed by atoms with van der Waals surface area (Å²) in [6, 6.07) is 8.84. The summed E-state index contributed by atoms with van der Waals surface area (Å²) >= 11 is 0. The van der Waals surface area contributed by atoms with E-state index in [2.05, 4.69) is 35.7 Å². The first-order valence-corrected chi connectivity index (χ1v) is 10.6. The average Bonchev–Trinajstić information content (AvgIpc) is 3.21. The molecule has 1 saturated carbocycles. The number of H-pyrrole nitrogens is 1. The number of aromatic amines is 1. The van der Waals surface area contributed by atoms with Crippen molar-refractivity contribution in [3.63, 3.8) is 0 Å². The molecule has 0 saturated heterocycles. The number of hydrogen-bond acceptors (Lipinski definition) is 3. The Hall–Kier alpha value is -3.07. The number of benzene rings is 1. The molecule has 1 aromatic carbocycles. The van der Waals surface area contributed by atoms with Gasteiger partial charge in [-0.05, 0) is 62.0 Å². The van der Waals surface area contributed by atoms with Gasteiger partial charge in [0.05, 0.1) is 12.1 Å². The van der Waals surface area contributed by atoms with Crippen molar-refractivity contribution in [2.75, 3.05) is 0 Å². The Labute approximate surface area is 177 Å². The first-order chi connectivity index (χ1) is 14.4. The number of ether oxygens (including phenoxy) is 1. The van der Waals surface area contributed by atoms with Crippen molar-refractivity contribution in [2.45, 2.75) is 47.0 Å². The maximum atomic E-state index is 12.7. The first kappa shape index (κ1) is 20.2. The highest BCUT2D eigenvalue weighted by Crippen LogP contribution is 2.44. The van der Waals surface area contributed by atoms with Gasteiger partial charge in [0.2, 0.25) is 5.88 Å². The van der Waals surface area contributed by atoms with Crippen LogP contribution >= 0.6 is 0 Å². The van der Waals surface area contributed by atoms with Gasteiger partial charge in [0.25, 0.3) is 5.69 Å². The van der Waals surface area contributed by atoms with Gasteiger partial charge in [-0.2, -0.15) is 0 Å². The van der Waals surface area contributed by atoms with E-state index in [1.165, 1.54) is 12.8 Å². The van der Waals surface area contributed by atoms with Gasteiger partial charge in [0, 0.05) is 5.56 Å². The van der Waals surface area contributed by atoms with Crippen molar-refractivity contribution in [3.05, 3.63) is 58.7 Å². The molecule has 3 aromatic rings. The zero-order chi connectivity index (χ0) is 21.4. The van der Waals surface area contributed by atoms with Gasteiger partial charge in [0.1, 0.15) is 11.5 Å². The number of nitrogens with one attached hydrogen (secondary N) is 1. The van der Waals surface area contributed by atoms with Gasteiger partial charge in [-0.25, -0.2) is 19.1 Å². The van der Waals surface area contributed by atoms with Crippen LogP contribution in [0.4, 0.5) is 5.69 Å². The number of esters is 1. The van der Waals surface area contributed by atoms with Crippen molar-refractivity contribution in [1.29, 1.82) is 0 Å². The number of rotatable bonds is 4. The Balaban J connectivity index is 1.74. The molecule has 0 spiro atoms. The van der Waals surface area contributed by atoms with Crippen LogP contribution in [-0.4, -0.2) is 20.6 Å². The third-order valence-corrected chi connectivity index (χ3v) is 6.48. The number of nitrogens with zero attached hydrogens (tertiary/aromatic N) is 3. The van der Waals surface area contributed by atoms with Crippen molar-refractivity contribution in [1.82, 2.24) is 14.6 Å². The topological polar surface area (TPSA) is 63.8 Å². The number of hydrogen-bond donors (Lipinski definition) is 1. The Morgan fingerprint density at radius 2 is 1.90 bits per heavy atom. The van der Waals surface area contributed by atoms with E-state index in [0.717, 1.165) is 23.7 Å². The standard InChI is InChI=1S/C24H28N4O2/c1-14-11-15(2)19(16(3)12-14)13-20-21(25-5)23(28-22(20)26-17(4)27-28)30-24(29)18-9-7-6-8-10-18/h6-10,14-16,19H,11-13H2,1-4H3,(H,26,27). The smallest absolute Gasteiger partial charge is 0.343 e. The van der Waals surface area contributed by atoms with Crippen LogP contribution in [-0.2, 0) is 6.42 Å². The first-order valence-electron chi connectivity index (χ1n) is 10.6. The van der Waals surface area contributed by atoms with Gasteiger partial charge in [-0.3, -0.25) is 5.10 Å². The summed E-state index contributed by atoms with van der Waals surface area (Å²) < 4.78 is 7.38. The van der Waals surface area contributed by atoms with Gasteiger partial charge in [-0.15, -0.1) is 0 Å². The van der Waals surface area contributed by atoms with E-state index in [-0.39, 0.29) is 5.88 Å². The number of fused-ring (bicyclic) bond motifs is 1. The van der Waals surface area contributed by atoms with E-state index in [0.29, 0.717) is 34.7 Å². The van der Waals surface area contributed by atoms with E-state index in [1.54, 1.807) is 28.8 Å². The molecule has 156 valence electrons. The SMILES string of the molecule is [C-]#[N+]c1c(CC2C(C)CC(C)CC2C)c2nc(C)[nH]n2c1OC(=O)c1ccccc1. The fourth-order valence-electron chi connectivity index (χ4n) is 5.17. The van der Waals surface area contributed by atoms with Crippen molar-refractivity contribution in [3.8, 4) is 5.88 Å². The molecular formula is C24H28N4O2.